The molecule has 0 radical (unpaired) electrons. The smallest absolute Gasteiger partial charge is 0.176 e. The first-order valence-electron chi connectivity index (χ1n) is 5.26. The van der Waals surface area contributed by atoms with Crippen LogP contribution in [0.4, 0.5) is 0 Å². The summed E-state index contributed by atoms with van der Waals surface area (Å²) >= 11 is 7.39. The minimum Gasteiger partial charge on any atom is -0.544 e. The number of aliphatic carboxylic acids is 1. The Bertz CT molecular complexity index is 482. The van der Waals surface area contributed by atoms with Gasteiger partial charge < -0.3 is 25.1 Å². The number of carboxylic acid groups (broad SMARTS) is 1. The molecule has 7 heteroatoms. The molecule has 1 heterocycles. The molecular weight excluding hydrogens is 278 g/mol. The molecule has 0 aliphatic carbocycles. The minimum absolute atomic E-state index is 0.0834. The summed E-state index contributed by atoms with van der Waals surface area (Å²) in [5, 5.41) is 22.2. The van der Waals surface area contributed by atoms with Crippen LogP contribution in [0, 0.1) is 0 Å². The number of carboxylic acids is 1. The van der Waals surface area contributed by atoms with Crippen LogP contribution in [0.5, 0.6) is 11.5 Å². The van der Waals surface area contributed by atoms with E-state index in [4.69, 9.17) is 16.3 Å². The number of hydrogen-bond donors (Lipinski definition) is 2. The van der Waals surface area contributed by atoms with E-state index < -0.39 is 12.0 Å². The summed E-state index contributed by atoms with van der Waals surface area (Å²) in [6, 6.07) is 2.72. The average Bonchev–Trinajstić information content (AvgIpc) is 2.82. The number of rotatable bonds is 3. The van der Waals surface area contributed by atoms with Gasteiger partial charge in [0.15, 0.2) is 16.9 Å². The summed E-state index contributed by atoms with van der Waals surface area (Å²) in [4.78, 5) is 10.8. The summed E-state index contributed by atoms with van der Waals surface area (Å²) < 4.78 is 5.01. The minimum atomic E-state index is -1.07. The fourth-order valence-corrected chi connectivity index (χ4v) is 3.31. The van der Waals surface area contributed by atoms with Gasteiger partial charge in [0.25, 0.3) is 0 Å². The number of phenols is 1. The maximum absolute atomic E-state index is 10.8. The monoisotopic (exact) mass is 289 g/mol. The molecule has 1 aliphatic heterocycles. The third-order valence-electron chi connectivity index (χ3n) is 2.76. The number of nitrogens with two attached hydrogens (primary N) is 1. The first-order chi connectivity index (χ1) is 8.52. The van der Waals surface area contributed by atoms with Crippen molar-refractivity contribution in [3.63, 3.8) is 0 Å². The highest BCUT2D eigenvalue weighted by atomic mass is 35.5. The lowest BCUT2D eigenvalue weighted by molar-refractivity contribution is -0.690. The number of aromatic hydroxyl groups is 1. The zero-order chi connectivity index (χ0) is 13.3. The van der Waals surface area contributed by atoms with E-state index in [1.807, 2.05) is 0 Å². The summed E-state index contributed by atoms with van der Waals surface area (Å²) in [6.45, 7) is 0. The number of ether oxygens (including phenoxy) is 1. The Balaban J connectivity index is 2.25. The van der Waals surface area contributed by atoms with Gasteiger partial charge in [-0.25, -0.2) is 0 Å². The molecular formula is C11H12ClNO4S. The first-order valence-corrected chi connectivity index (χ1v) is 6.69. The van der Waals surface area contributed by atoms with Crippen LogP contribution in [0.15, 0.2) is 12.1 Å². The number of halogens is 1. The number of carbonyl (C=O) groups is 1. The van der Waals surface area contributed by atoms with Crippen molar-refractivity contribution in [3.8, 4) is 11.5 Å². The third kappa shape index (κ3) is 2.50. The van der Waals surface area contributed by atoms with Crippen molar-refractivity contribution in [2.75, 3.05) is 12.9 Å². The molecule has 0 spiro atoms. The van der Waals surface area contributed by atoms with E-state index in [1.165, 1.54) is 18.9 Å². The number of thioether (sulfide) groups is 1. The van der Waals surface area contributed by atoms with Crippen LogP contribution in [-0.2, 0) is 4.79 Å². The van der Waals surface area contributed by atoms with Crippen molar-refractivity contribution in [2.24, 2.45) is 0 Å². The van der Waals surface area contributed by atoms with Crippen LogP contribution in [0.3, 0.4) is 0 Å². The number of quaternary nitrogens is 1. The van der Waals surface area contributed by atoms with Crippen molar-refractivity contribution in [3.05, 3.63) is 22.7 Å². The van der Waals surface area contributed by atoms with Gasteiger partial charge in [0, 0.05) is 5.56 Å². The molecule has 5 nitrogen and oxygen atoms in total. The lowest BCUT2D eigenvalue weighted by Gasteiger charge is -2.13. The molecule has 2 rings (SSSR count). The second kappa shape index (κ2) is 5.26. The molecule has 0 bridgehead atoms. The van der Waals surface area contributed by atoms with Crippen LogP contribution in [-0.4, -0.2) is 30.0 Å². The molecule has 18 heavy (non-hydrogen) atoms. The van der Waals surface area contributed by atoms with Gasteiger partial charge in [-0.05, 0) is 12.1 Å². The van der Waals surface area contributed by atoms with Gasteiger partial charge in [-0.2, -0.15) is 0 Å². The van der Waals surface area contributed by atoms with E-state index in [1.54, 1.807) is 17.4 Å². The van der Waals surface area contributed by atoms with Crippen molar-refractivity contribution >= 4 is 29.3 Å². The standard InChI is InChI=1S/C11H12ClNO4S/c1-17-8-3-5(2-6(12)9(8)14)10-13-7(4-18-10)11(15)16/h2-3,7,10,13-14H,4H2,1H3,(H,15,16)/t7-,10-/m1/s1. The molecule has 1 aromatic rings. The number of carbonyl (C=O) groups excluding carboxylic acids is 1. The predicted octanol–water partition coefficient (Wildman–Crippen LogP) is -0.518. The molecule has 0 saturated carbocycles. The Kier molecular flexibility index (Phi) is 3.89. The highest BCUT2D eigenvalue weighted by Crippen LogP contribution is 2.38. The van der Waals surface area contributed by atoms with Crippen molar-refractivity contribution in [1.29, 1.82) is 0 Å². The largest absolute Gasteiger partial charge is 0.544 e. The zero-order valence-electron chi connectivity index (χ0n) is 9.55. The fourth-order valence-electron chi connectivity index (χ4n) is 1.80. The normalized spacial score (nSPS) is 23.0. The number of methoxy groups -OCH3 is 1. The lowest BCUT2D eigenvalue weighted by Crippen LogP contribution is -2.90. The predicted molar refractivity (Wildman–Crippen MR) is 65.6 cm³/mol. The molecule has 98 valence electrons. The summed E-state index contributed by atoms with van der Waals surface area (Å²) in [5.41, 5.74) is 0.809. The topological polar surface area (TPSA) is 86.2 Å². The number of benzene rings is 1. The molecule has 1 saturated heterocycles. The summed E-state index contributed by atoms with van der Waals surface area (Å²) in [5.74, 6) is -0.416. The van der Waals surface area contributed by atoms with Crippen LogP contribution in [0.25, 0.3) is 0 Å². The molecule has 1 fully saturated rings. The average molecular weight is 290 g/mol. The van der Waals surface area contributed by atoms with Gasteiger partial charge in [-0.15, -0.1) is 0 Å². The second-order valence-corrected chi connectivity index (χ2v) is 5.51. The van der Waals surface area contributed by atoms with Crippen LogP contribution in [0.1, 0.15) is 10.9 Å². The van der Waals surface area contributed by atoms with Crippen molar-refractivity contribution in [1.82, 2.24) is 0 Å². The molecule has 0 unspecified atom stereocenters. The lowest BCUT2D eigenvalue weighted by atomic mass is 10.2. The number of phenolic OH excluding ortho intramolecular Hbond substituents is 1. The Hall–Kier alpha value is -1.11. The van der Waals surface area contributed by atoms with E-state index in [0.717, 1.165) is 5.56 Å². The number of hydrogen-bond acceptors (Lipinski definition) is 5. The van der Waals surface area contributed by atoms with Gasteiger partial charge in [0.2, 0.25) is 0 Å². The molecule has 3 N–H and O–H groups in total. The zero-order valence-corrected chi connectivity index (χ0v) is 11.1. The van der Waals surface area contributed by atoms with E-state index in [2.05, 4.69) is 0 Å². The molecule has 1 aromatic carbocycles. The summed E-state index contributed by atoms with van der Waals surface area (Å²) in [7, 11) is 1.44. The van der Waals surface area contributed by atoms with Gasteiger partial charge in [-0.3, -0.25) is 0 Å². The van der Waals surface area contributed by atoms with Gasteiger partial charge in [0.1, 0.15) is 12.0 Å². The maximum Gasteiger partial charge on any atom is 0.176 e. The Labute approximate surface area is 113 Å². The third-order valence-corrected chi connectivity index (χ3v) is 4.39. The Morgan fingerprint density at radius 3 is 2.94 bits per heavy atom. The highest BCUT2D eigenvalue weighted by molar-refractivity contribution is 7.99. The van der Waals surface area contributed by atoms with Crippen LogP contribution in [0.2, 0.25) is 5.02 Å². The summed E-state index contributed by atoms with van der Waals surface area (Å²) in [6.07, 6.45) is 0. The van der Waals surface area contributed by atoms with Crippen molar-refractivity contribution < 1.29 is 25.1 Å². The van der Waals surface area contributed by atoms with Crippen LogP contribution >= 0.6 is 23.4 Å². The van der Waals surface area contributed by atoms with E-state index in [9.17, 15) is 15.0 Å². The van der Waals surface area contributed by atoms with Gasteiger partial charge in [0.05, 0.1) is 17.9 Å². The quantitative estimate of drug-likeness (QED) is 0.782. The highest BCUT2D eigenvalue weighted by Gasteiger charge is 2.31. The Morgan fingerprint density at radius 2 is 2.39 bits per heavy atom. The molecule has 0 amide bonds. The van der Waals surface area contributed by atoms with E-state index in [-0.39, 0.29) is 21.9 Å². The van der Waals surface area contributed by atoms with E-state index in [0.29, 0.717) is 5.75 Å². The maximum atomic E-state index is 10.8. The molecule has 1 aliphatic rings. The molecule has 0 aromatic heterocycles. The second-order valence-electron chi connectivity index (χ2n) is 3.93. The SMILES string of the molecule is COc1cc([C@@H]2[NH2+][C@@H](C(=O)[O-])CS2)cc(Cl)c1O. The van der Waals surface area contributed by atoms with Crippen LogP contribution < -0.4 is 15.2 Å². The van der Waals surface area contributed by atoms with Gasteiger partial charge >= 0.3 is 0 Å². The Morgan fingerprint density at radius 1 is 1.67 bits per heavy atom. The molecule has 2 atom stereocenters. The first kappa shape index (κ1) is 13.3. The fraction of sp³-hybridized carbons (Fsp3) is 0.364. The van der Waals surface area contributed by atoms with Crippen molar-refractivity contribution in [2.45, 2.75) is 11.4 Å². The van der Waals surface area contributed by atoms with E-state index >= 15 is 0 Å². The van der Waals surface area contributed by atoms with Gasteiger partial charge in [-0.1, -0.05) is 23.4 Å².